The minimum Gasteiger partial charge on any atom is -0.480 e. The van der Waals surface area contributed by atoms with Crippen molar-refractivity contribution in [3.8, 4) is 5.75 Å². The van der Waals surface area contributed by atoms with Gasteiger partial charge in [0.25, 0.3) is 17.7 Å². The molecule has 7 aromatic carbocycles. The summed E-state index contributed by atoms with van der Waals surface area (Å²) in [5, 5.41) is 40.3. The van der Waals surface area contributed by atoms with Gasteiger partial charge in [-0.25, -0.2) is 42.2 Å². The van der Waals surface area contributed by atoms with Crippen LogP contribution in [0.15, 0.2) is 142 Å². The number of hydrazine groups is 2. The fraction of sp³-hybridized carbons (Fsp3) is 0.360. The number of thioether (sulfide) groups is 1. The zero-order chi connectivity index (χ0) is 91.8. The lowest BCUT2D eigenvalue weighted by molar-refractivity contribution is -0.123. The largest absolute Gasteiger partial charge is 0.480 e. The number of rotatable bonds is 30. The molecule has 6 N–H and O–H groups in total. The highest BCUT2D eigenvalue weighted by Crippen LogP contribution is 2.44. The second-order valence-electron chi connectivity index (χ2n) is 31.4. The number of para-hydroxylation sites is 1. The van der Waals surface area contributed by atoms with E-state index in [1.54, 1.807) is 52.4 Å². The summed E-state index contributed by atoms with van der Waals surface area (Å²) in [7, 11) is -3.02. The lowest BCUT2D eigenvalue weighted by atomic mass is 9.92. The molecule has 3 atom stereocenters. The average molecular weight is 1950 g/mol. The van der Waals surface area contributed by atoms with E-state index in [2.05, 4.69) is 79.4 Å². The van der Waals surface area contributed by atoms with Gasteiger partial charge in [-0.3, -0.25) is 40.2 Å². The molecule has 0 spiro atoms. The number of aromatic carboxylic acids is 1. The molecule has 670 valence electrons. The van der Waals surface area contributed by atoms with Gasteiger partial charge in [-0.15, -0.1) is 32.2 Å². The first kappa shape index (κ1) is 99.4. The summed E-state index contributed by atoms with van der Waals surface area (Å²) in [6, 6.07) is 35.7. The third-order valence-electron chi connectivity index (χ3n) is 20.2. The normalized spacial score (nSPS) is 14.5. The molecule has 2 fully saturated rings. The smallest absolute Gasteiger partial charge is 0.335 e. The van der Waals surface area contributed by atoms with E-state index in [1.807, 2.05) is 96.1 Å². The highest BCUT2D eigenvalue weighted by molar-refractivity contribution is 8.01. The Bertz CT molecular complexity index is 5950. The van der Waals surface area contributed by atoms with E-state index in [-0.39, 0.29) is 72.6 Å². The van der Waals surface area contributed by atoms with Gasteiger partial charge in [-0.05, 0) is 162 Å². The maximum absolute atomic E-state index is 14.1. The minimum absolute atomic E-state index is 0.0829. The number of aliphatic imine (C=N–C) groups is 2. The van der Waals surface area contributed by atoms with Gasteiger partial charge in [-0.1, -0.05) is 256 Å². The summed E-state index contributed by atoms with van der Waals surface area (Å²) >= 11 is 63.9. The fourth-order valence-corrected chi connectivity index (χ4v) is 19.2. The number of carbonyl (C=O) groups excluding carboxylic acids is 4. The third kappa shape index (κ3) is 25.8. The number of aromatic nitrogens is 8. The van der Waals surface area contributed by atoms with Crippen LogP contribution in [0.1, 0.15) is 194 Å². The number of carboxylic acids is 1. The molecule has 0 radical (unpaired) electrons. The number of anilines is 4. The van der Waals surface area contributed by atoms with Crippen molar-refractivity contribution >= 4 is 224 Å². The van der Waals surface area contributed by atoms with Crippen LogP contribution in [0.3, 0.4) is 0 Å². The van der Waals surface area contributed by atoms with Gasteiger partial charge in [-0.2, -0.15) is 0 Å². The predicted molar refractivity (Wildman–Crippen MR) is 513 cm³/mol. The number of carbonyl (C=O) groups is 5. The molecular formula is C89H98Cl10N16O9S2. The number of aromatic amines is 2. The zero-order valence-corrected chi connectivity index (χ0v) is 80.6. The lowest BCUT2D eigenvalue weighted by Gasteiger charge is -2.27. The molecular weight excluding hydrogens is 1860 g/mol. The second-order valence-corrected chi connectivity index (χ2v) is 38.9. The topological polar surface area (TPSA) is 311 Å². The molecule has 37 heteroatoms. The molecule has 2 aliphatic rings. The van der Waals surface area contributed by atoms with Crippen LogP contribution in [0.2, 0.25) is 50.2 Å². The summed E-state index contributed by atoms with van der Waals surface area (Å²) in [5.74, 6) is 0.860. The Morgan fingerprint density at radius 1 is 0.627 bits per heavy atom. The van der Waals surface area contributed by atoms with E-state index < -0.39 is 33.2 Å². The second kappa shape index (κ2) is 45.0. The van der Waals surface area contributed by atoms with E-state index in [4.69, 9.17) is 126 Å². The number of fused-ring (bicyclic) bond motifs is 2. The lowest BCUT2D eigenvalue weighted by Crippen LogP contribution is -2.36. The van der Waals surface area contributed by atoms with Crippen molar-refractivity contribution in [1.29, 1.82) is 0 Å². The Labute approximate surface area is 787 Å². The van der Waals surface area contributed by atoms with Crippen molar-refractivity contribution in [2.75, 3.05) is 31.7 Å². The van der Waals surface area contributed by atoms with E-state index in [9.17, 15) is 37.5 Å². The number of carboxylic acid groups (broad SMARTS) is 1. The van der Waals surface area contributed by atoms with Crippen LogP contribution in [0.4, 0.5) is 34.1 Å². The van der Waals surface area contributed by atoms with Gasteiger partial charge in [0, 0.05) is 39.4 Å². The van der Waals surface area contributed by atoms with Crippen molar-refractivity contribution in [2.45, 2.75) is 201 Å². The number of benzene rings is 7. The van der Waals surface area contributed by atoms with Gasteiger partial charge >= 0.3 is 5.97 Å². The van der Waals surface area contributed by atoms with Gasteiger partial charge in [0.2, 0.25) is 5.91 Å². The van der Waals surface area contributed by atoms with E-state index >= 15 is 0 Å². The average Bonchev–Trinajstić information content (AvgIpc) is 1.62. The number of amides is 4. The number of sulfone groups is 1. The molecule has 126 heavy (non-hydrogen) atoms. The van der Waals surface area contributed by atoms with Crippen LogP contribution >= 0.6 is 128 Å². The summed E-state index contributed by atoms with van der Waals surface area (Å²) in [6.07, 6.45) is 13.0. The van der Waals surface area contributed by atoms with Crippen molar-refractivity contribution in [1.82, 2.24) is 50.5 Å². The number of nitrogens with one attached hydrogen (secondary N) is 5. The van der Waals surface area contributed by atoms with Crippen LogP contribution in [0.25, 0.3) is 11.3 Å². The SMILES string of the molecule is CC(=O)N(c1cccc(C(=O)O)c1)C(C)c1nnc2c(Cl)c(C)[nH]n12.CCC(Oc1ccc(C)cc1C)C(=O)Nc1ccccc1SC1C(=O)N(c2c(Cl)cc(Cl)cc2Cl)NC1=Nc1cc(C)ccc1Cl.CCCCCCCCCCCCS(=O)(=O)CCCc1nnc2c(Cl)c(C(C)(C)C)[nH]n12.Cc1ccc(Cl)c(N=C2CC(=O)N(c3c(Cl)cc(Cl)cc3Cl)N2)c1. The third-order valence-corrected chi connectivity index (χ3v) is 26.4. The maximum Gasteiger partial charge on any atom is 0.335 e. The molecule has 2 saturated heterocycles. The van der Waals surface area contributed by atoms with Gasteiger partial charge < -0.3 is 20.1 Å². The Balaban J connectivity index is 0.000000182. The molecule has 4 amide bonds. The van der Waals surface area contributed by atoms with Crippen molar-refractivity contribution in [3.05, 3.63) is 228 Å². The van der Waals surface area contributed by atoms with E-state index in [0.717, 1.165) is 58.7 Å². The first-order chi connectivity index (χ1) is 59.8. The summed E-state index contributed by atoms with van der Waals surface area (Å²) in [5.41, 5.74) is 15.3. The number of ether oxygens (including phenoxy) is 1. The minimum atomic E-state index is -3.02. The number of hydrogen-bond donors (Lipinski definition) is 6. The number of unbranched alkanes of at least 4 members (excludes halogenated alkanes) is 9. The van der Waals surface area contributed by atoms with Crippen LogP contribution in [-0.2, 0) is 40.9 Å². The first-order valence-electron chi connectivity index (χ1n) is 40.8. The van der Waals surface area contributed by atoms with Crippen molar-refractivity contribution in [2.24, 2.45) is 9.98 Å². The Morgan fingerprint density at radius 2 is 1.18 bits per heavy atom. The zero-order valence-electron chi connectivity index (χ0n) is 71.4. The molecule has 0 aliphatic carbocycles. The maximum atomic E-state index is 14.1. The quantitative estimate of drug-likeness (QED) is 0.0228. The predicted octanol–water partition coefficient (Wildman–Crippen LogP) is 24.5. The number of halogens is 10. The van der Waals surface area contributed by atoms with Gasteiger partial charge in [0.15, 0.2) is 29.0 Å². The first-order valence-corrected chi connectivity index (χ1v) is 47.3. The molecule has 0 bridgehead atoms. The summed E-state index contributed by atoms with van der Waals surface area (Å²) in [4.78, 5) is 74.6. The fourth-order valence-electron chi connectivity index (χ4n) is 13.8. The number of amidine groups is 2. The van der Waals surface area contributed by atoms with Crippen LogP contribution in [0, 0.1) is 34.6 Å². The molecule has 11 aromatic rings. The molecule has 4 aromatic heterocycles. The number of H-pyrrole nitrogens is 2. The number of aryl methyl sites for hydroxylation is 6. The number of hydrogen-bond acceptors (Lipinski definition) is 15. The van der Waals surface area contributed by atoms with Crippen LogP contribution < -0.4 is 35.8 Å². The molecule has 13 rings (SSSR count). The standard InChI is InChI=1S/C34H30Cl4N4O3S.C23H41ClN4O2S.C16H11Cl4N3O.C16H16ClN5O3/c1-5-27(45-28-13-11-18(2)14-20(28)4)33(43)40-25-8-6-7-9-29(25)46-31-32(39-26-15-19(3)10-12-22(26)36)41-42(34(31)44)30-23(37)16-21(35)17-24(30)38;1-5-6-7-8-9-10-11-12-13-14-17-31(29,30)18-15-16-19-25-26-22-20(24)21(23(2,3)4)27-28(19)22;1-8-2-3-10(18)13(4-8)21-14-7-15(24)23(22-14)16-11(19)5-9(17)6-12(16)20;1-8-13(17)15-19-18-14(22(15)20-8)9(2)21(10(3)23)12-6-4-5-11(7-12)16(24)25/h6-17,27,31H,5H2,1-4H3,(H,39,41)(H,40,43);27H,5-18H2,1-4H3;2-6H,7H2,1H3,(H,21,22);4-7,9,20H,1-3H3,(H,24,25). The van der Waals surface area contributed by atoms with Gasteiger partial charge in [0.05, 0.1) is 88.1 Å². The molecule has 0 saturated carbocycles. The highest BCUT2D eigenvalue weighted by atomic mass is 35.5. The van der Waals surface area contributed by atoms with E-state index in [1.165, 1.54) is 115 Å². The van der Waals surface area contributed by atoms with Crippen LogP contribution in [-0.4, -0.2) is 117 Å². The molecule has 3 unspecified atom stereocenters. The molecule has 2 aliphatic heterocycles. The molecule has 25 nitrogen and oxygen atoms in total. The van der Waals surface area contributed by atoms with Gasteiger partial charge in [0.1, 0.15) is 53.9 Å². The Kier molecular flexibility index (Phi) is 35.4. The summed E-state index contributed by atoms with van der Waals surface area (Å²) in [6.45, 7) is 23.2. The Morgan fingerprint density at radius 3 is 1.77 bits per heavy atom. The van der Waals surface area contributed by atoms with Crippen LogP contribution in [0.5, 0.6) is 5.75 Å². The monoisotopic (exact) mass is 1950 g/mol. The van der Waals surface area contributed by atoms with Crippen molar-refractivity contribution < 1.29 is 42.2 Å². The number of nitrogens with zero attached hydrogens (tertiary/aromatic N) is 11. The summed E-state index contributed by atoms with van der Waals surface area (Å²) < 4.78 is 34.3. The highest BCUT2D eigenvalue weighted by Gasteiger charge is 2.42. The van der Waals surface area contributed by atoms with Crippen molar-refractivity contribution in [3.63, 3.8) is 0 Å². The Hall–Kier alpha value is -8.81. The molecule has 6 heterocycles. The van der Waals surface area contributed by atoms with E-state index in [0.29, 0.717) is 123 Å².